The summed E-state index contributed by atoms with van der Waals surface area (Å²) in [6.07, 6.45) is 24.2. The molecule has 1 aromatic carbocycles. The van der Waals surface area contributed by atoms with Crippen LogP contribution in [0.5, 0.6) is 0 Å². The van der Waals surface area contributed by atoms with Gasteiger partial charge in [0.15, 0.2) is 11.4 Å². The molecule has 1 aromatic rings. The molecule has 7 aliphatic heterocycles. The first-order chi connectivity index (χ1) is 30.7. The first kappa shape index (κ1) is 38.9. The number of nitrogens with two attached hydrogens (primary N) is 1. The van der Waals surface area contributed by atoms with Gasteiger partial charge < -0.3 is 25.2 Å². The summed E-state index contributed by atoms with van der Waals surface area (Å²) in [6, 6.07) is 7.62. The van der Waals surface area contributed by atoms with E-state index in [1.54, 1.807) is 11.3 Å². The highest BCUT2D eigenvalue weighted by molar-refractivity contribution is 6.00. The summed E-state index contributed by atoms with van der Waals surface area (Å²) in [7, 11) is 0. The molecule has 0 amide bonds. The Morgan fingerprint density at radius 1 is 0.937 bits per heavy atom. The molecule has 3 N–H and O–H groups in total. The smallest absolute Gasteiger partial charge is 0.339 e. The molecular weight excluding hydrogens is 783 g/mol. The predicted octanol–water partition coefficient (Wildman–Crippen LogP) is 9.65. The lowest BCUT2D eigenvalue weighted by molar-refractivity contribution is -0.281. The second kappa shape index (κ2) is 13.4. The van der Waals surface area contributed by atoms with Crippen LogP contribution in [0, 0.1) is 70.0 Å². The third-order valence-corrected chi connectivity index (χ3v) is 21.4. The summed E-state index contributed by atoms with van der Waals surface area (Å²) in [4.78, 5) is 37.1. The first-order valence-corrected chi connectivity index (χ1v) is 26.1. The van der Waals surface area contributed by atoms with Crippen LogP contribution in [0.25, 0.3) is 0 Å². The number of nitrogens with zero attached hydrogens (tertiary/aromatic N) is 2. The van der Waals surface area contributed by atoms with Crippen LogP contribution in [-0.2, 0) is 26.3 Å². The van der Waals surface area contributed by atoms with Gasteiger partial charge in [-0.2, -0.15) is 0 Å². The van der Waals surface area contributed by atoms with Crippen molar-refractivity contribution in [3.8, 4) is 0 Å². The summed E-state index contributed by atoms with van der Waals surface area (Å²) in [5.41, 5.74) is 11.7. The minimum Gasteiger partial charge on any atom is -0.508 e. The van der Waals surface area contributed by atoms with Gasteiger partial charge in [0.25, 0.3) is 0 Å². The van der Waals surface area contributed by atoms with Crippen molar-refractivity contribution in [3.05, 3.63) is 81.0 Å². The zero-order chi connectivity index (χ0) is 42.3. The summed E-state index contributed by atoms with van der Waals surface area (Å²) in [6.45, 7) is 7.66. The minimum absolute atomic E-state index is 0.104. The van der Waals surface area contributed by atoms with Crippen LogP contribution in [0.4, 0.5) is 0 Å². The summed E-state index contributed by atoms with van der Waals surface area (Å²) < 4.78 is 14.4. The molecule has 7 heterocycles. The fraction of sp³-hybridized carbons (Fsp3) is 0.709. The number of aryl methyl sites for hydroxylation is 1. The maximum atomic E-state index is 16.1. The molecule has 15 atom stereocenters. The Hall–Kier alpha value is -3.36. The zero-order valence-corrected chi connectivity index (χ0v) is 37.8. The van der Waals surface area contributed by atoms with Crippen molar-refractivity contribution in [1.29, 1.82) is 0 Å². The van der Waals surface area contributed by atoms with Gasteiger partial charge >= 0.3 is 11.9 Å². The van der Waals surface area contributed by atoms with Crippen LogP contribution in [-0.4, -0.2) is 64.6 Å². The highest BCUT2D eigenvalue weighted by Gasteiger charge is 2.94. The Balaban J connectivity index is 1.07. The number of rotatable bonds is 5. The lowest BCUT2D eigenvalue weighted by Gasteiger charge is -2.73. The minimum atomic E-state index is -1.13. The Morgan fingerprint density at radius 2 is 1.79 bits per heavy atom. The number of esters is 2. The molecule has 3 spiro atoms. The van der Waals surface area contributed by atoms with E-state index in [1.807, 2.05) is 0 Å². The van der Waals surface area contributed by atoms with E-state index < -0.39 is 16.4 Å². The molecule has 0 radical (unpaired) electrons. The first-order valence-electron chi connectivity index (χ1n) is 26.1. The van der Waals surface area contributed by atoms with Crippen molar-refractivity contribution < 1.29 is 24.2 Å². The normalized spacial score (nSPS) is 48.0. The molecule has 334 valence electrons. The highest BCUT2D eigenvalue weighted by Crippen LogP contribution is 2.88. The predicted molar refractivity (Wildman–Crippen MR) is 240 cm³/mol. The molecule has 6 aliphatic carbocycles. The average molecular weight is 852 g/mol. The average Bonchev–Trinajstić information content (AvgIpc) is 3.75. The molecule has 4 saturated heterocycles. The van der Waals surface area contributed by atoms with Crippen molar-refractivity contribution in [2.75, 3.05) is 19.6 Å². The van der Waals surface area contributed by atoms with E-state index in [9.17, 15) is 9.90 Å². The molecule has 8 nitrogen and oxygen atoms in total. The van der Waals surface area contributed by atoms with Crippen LogP contribution >= 0.6 is 0 Å². The monoisotopic (exact) mass is 852 g/mol. The second-order valence-corrected chi connectivity index (χ2v) is 23.7. The maximum absolute atomic E-state index is 16.1. The fourth-order valence-corrected chi connectivity index (χ4v) is 19.4. The van der Waals surface area contributed by atoms with Gasteiger partial charge in [0.2, 0.25) is 0 Å². The van der Waals surface area contributed by atoms with Crippen molar-refractivity contribution in [2.24, 2.45) is 75.7 Å². The zero-order valence-electron chi connectivity index (χ0n) is 37.8. The van der Waals surface area contributed by atoms with Crippen molar-refractivity contribution in [3.63, 3.8) is 0 Å². The van der Waals surface area contributed by atoms with Gasteiger partial charge in [0.05, 0.1) is 11.0 Å². The molecular formula is C55H69N3O5. The van der Waals surface area contributed by atoms with E-state index in [2.05, 4.69) is 54.0 Å². The van der Waals surface area contributed by atoms with Crippen LogP contribution in [0.15, 0.2) is 64.3 Å². The van der Waals surface area contributed by atoms with Gasteiger partial charge in [-0.3, -0.25) is 9.69 Å². The number of carbonyl (C=O) groups excluding carboxylic acids is 2. The Labute approximate surface area is 374 Å². The van der Waals surface area contributed by atoms with Crippen molar-refractivity contribution in [2.45, 2.75) is 153 Å². The maximum Gasteiger partial charge on any atom is 0.339 e. The number of hydrogen-bond donors (Lipinski definition) is 2. The molecule has 7 bridgehead atoms. The van der Waals surface area contributed by atoms with Crippen LogP contribution in [0.1, 0.15) is 144 Å². The number of benzene rings is 1. The van der Waals surface area contributed by atoms with Crippen LogP contribution < -0.4 is 5.73 Å². The lowest BCUT2D eigenvalue weighted by Crippen LogP contribution is -2.78. The fourth-order valence-electron chi connectivity index (χ4n) is 19.4. The van der Waals surface area contributed by atoms with Crippen molar-refractivity contribution >= 4 is 11.9 Å². The quantitative estimate of drug-likeness (QED) is 0.223. The molecule has 14 rings (SSSR count). The Kier molecular flexibility index (Phi) is 8.26. The molecule has 8 heteroatoms. The molecule has 63 heavy (non-hydrogen) atoms. The molecule has 13 aliphatic rings. The topological polar surface area (TPSA) is 105 Å². The number of fused-ring (bicyclic) bond motifs is 8. The van der Waals surface area contributed by atoms with E-state index in [4.69, 9.17) is 15.2 Å². The van der Waals surface area contributed by atoms with E-state index in [1.165, 1.54) is 68.9 Å². The molecule has 6 fully saturated rings. The van der Waals surface area contributed by atoms with Crippen LogP contribution in [0.2, 0.25) is 0 Å². The number of ether oxygens (including phenoxy) is 2. The molecule has 0 aromatic heterocycles. The largest absolute Gasteiger partial charge is 0.508 e. The third kappa shape index (κ3) is 4.58. The van der Waals surface area contributed by atoms with Gasteiger partial charge in [-0.15, -0.1) is 0 Å². The highest BCUT2D eigenvalue weighted by atomic mass is 16.6. The van der Waals surface area contributed by atoms with E-state index in [-0.39, 0.29) is 41.7 Å². The SMILES string of the molecule is C[C@@H]1/C=C\[C@@H]2C[C@@H]3[C@@H]4C5=C2[C@]26C(=O)O/C(=C(/O)[C@@H]7CC[C@@H]8[C@H]9C[C@@H](CN8[C@H]7CC7CCCCC7)[C@H]7CCC(=C4N7C9)C[C@H]3C)[C@@]2(CC5)[C@]2(OC(=O)c3c(CCCN)cccc32)[C@H]6C1. The molecule has 2 saturated carbocycles. The Bertz CT molecular complexity index is 2340. The van der Waals surface area contributed by atoms with Crippen molar-refractivity contribution in [1.82, 2.24) is 9.80 Å². The Morgan fingerprint density at radius 3 is 2.65 bits per heavy atom. The number of aliphatic hydroxyl groups is 1. The van der Waals surface area contributed by atoms with Crippen LogP contribution in [0.3, 0.4) is 0 Å². The number of hydrogen-bond acceptors (Lipinski definition) is 8. The number of piperidine rings is 3. The second-order valence-electron chi connectivity index (χ2n) is 23.7. The van der Waals surface area contributed by atoms with E-state index >= 15 is 4.79 Å². The number of carbonyl (C=O) groups is 2. The van der Waals surface area contributed by atoms with Gasteiger partial charge in [-0.25, -0.2) is 4.79 Å². The van der Waals surface area contributed by atoms with E-state index in [0.29, 0.717) is 90.5 Å². The number of aliphatic hydroxyl groups excluding tert-OH is 1. The third-order valence-electron chi connectivity index (χ3n) is 21.4. The van der Waals surface area contributed by atoms with Gasteiger partial charge in [-0.05, 0) is 143 Å². The van der Waals surface area contributed by atoms with Gasteiger partial charge in [-0.1, -0.05) is 87.4 Å². The summed E-state index contributed by atoms with van der Waals surface area (Å²) in [5, 5.41) is 13.7. The summed E-state index contributed by atoms with van der Waals surface area (Å²) >= 11 is 0. The number of allylic oxidation sites excluding steroid dienone is 4. The molecule has 0 unspecified atom stereocenters. The van der Waals surface area contributed by atoms with Gasteiger partial charge in [0.1, 0.15) is 11.2 Å². The summed E-state index contributed by atoms with van der Waals surface area (Å²) in [5.74, 6) is 3.52. The standard InChI is InChI=1S/C55H69N3O5/c1-29-13-14-33-26-39-30(2)23-34-15-17-42-35-25-36-28-58(42)48(34)46(39)38-19-20-53-50(49(59)37-16-18-41(36)57(27-35)43(37)24-31-8-4-3-5-9-31)62-52(61)54(53,47(33)38)44(22-29)55(53)40-12-6-10-32(11-7-21-56)45(40)51(60)63-55/h6,10,12-14,29-31,33,35-37,39,41-44,46,59H,3-5,7-9,11,15-28,56H2,1-2H3/b14-13-,50-49+/t29-,30-,33-,35+,36+,37-,39+,41-,42-,43+,44+,46+,53-,54-,55-/m1/s1. The van der Waals surface area contributed by atoms with E-state index in [0.717, 1.165) is 62.7 Å². The lowest BCUT2D eigenvalue weighted by atomic mass is 9.27. The van der Waals surface area contributed by atoms with Gasteiger partial charge in [0, 0.05) is 60.2 Å².